The molecule has 0 atom stereocenters. The van der Waals surface area contributed by atoms with Gasteiger partial charge in [0.2, 0.25) is 0 Å². The molecule has 0 fully saturated rings. The molecule has 10 nitrogen and oxygen atoms in total. The number of aromatic nitrogens is 10. The molecule has 486 valence electrons. The monoisotopic (exact) mass is 1320 g/mol. The highest BCUT2D eigenvalue weighted by atomic mass is 14.9. The van der Waals surface area contributed by atoms with E-state index in [-0.39, 0.29) is 0 Å². The maximum atomic E-state index is 5.15. The molecule has 18 aromatic rings. The zero-order valence-electron chi connectivity index (χ0n) is 56.5. The van der Waals surface area contributed by atoms with Crippen molar-refractivity contribution in [3.05, 3.63) is 352 Å². The summed E-state index contributed by atoms with van der Waals surface area (Å²) in [6.45, 7) is 4.21. The van der Waals surface area contributed by atoms with Crippen LogP contribution in [-0.4, -0.2) is 49.8 Å². The number of fused-ring (bicyclic) bond motifs is 6. The standard InChI is InChI=1S/C47H33N5.C46H31N5/c1-2-39-28-41(40-24-22-34-23-25-42(32-11-5-3-6-12-32)50-45(34)46(40)49-39)37-16-9-15-36(27-37)31-18-20-35(21-19-31)47-51-43(33-13-7-4-8-14-33)29-44(52-47)38-17-10-26-48-30-38;1-30-26-40(39-23-21-35-22-24-41(32-10-4-2-5-11-32)49-44(35)45(39)48-30)37-15-8-14-36(27-37)31-17-19-34(20-18-31)43-28-42(33-12-6-3-7-13-33)50-46(51-43)38-16-9-25-47-29-38/h3-30H,2H2,1H3;2-29H,1H3. The Balaban J connectivity index is 0.000000153. The van der Waals surface area contributed by atoms with Crippen LogP contribution in [0.4, 0.5) is 0 Å². The van der Waals surface area contributed by atoms with Crippen molar-refractivity contribution in [1.29, 1.82) is 0 Å². The molecule has 0 N–H and O–H groups in total. The molecule has 0 saturated heterocycles. The third-order valence-electron chi connectivity index (χ3n) is 18.8. The van der Waals surface area contributed by atoms with E-state index in [1.54, 1.807) is 18.6 Å². The summed E-state index contributed by atoms with van der Waals surface area (Å²) in [6.07, 6.45) is 8.01. The van der Waals surface area contributed by atoms with Gasteiger partial charge in [-0.1, -0.05) is 250 Å². The largest absolute Gasteiger partial charge is 0.264 e. The van der Waals surface area contributed by atoms with E-state index in [1.807, 2.05) is 109 Å². The summed E-state index contributed by atoms with van der Waals surface area (Å²) in [6, 6.07) is 109. The summed E-state index contributed by atoms with van der Waals surface area (Å²) in [5.74, 6) is 1.32. The zero-order valence-corrected chi connectivity index (χ0v) is 56.5. The summed E-state index contributed by atoms with van der Waals surface area (Å²) in [5.41, 5.74) is 28.2. The van der Waals surface area contributed by atoms with E-state index < -0.39 is 0 Å². The van der Waals surface area contributed by atoms with Gasteiger partial charge in [0.15, 0.2) is 11.6 Å². The van der Waals surface area contributed by atoms with Crippen molar-refractivity contribution < 1.29 is 0 Å². The van der Waals surface area contributed by atoms with Crippen molar-refractivity contribution in [3.8, 4) is 135 Å². The van der Waals surface area contributed by atoms with Crippen LogP contribution in [0.15, 0.2) is 340 Å². The van der Waals surface area contributed by atoms with Gasteiger partial charge in [0.1, 0.15) is 0 Å². The lowest BCUT2D eigenvalue weighted by Gasteiger charge is -2.13. The van der Waals surface area contributed by atoms with E-state index in [0.29, 0.717) is 11.6 Å². The smallest absolute Gasteiger partial charge is 0.161 e. The van der Waals surface area contributed by atoms with Gasteiger partial charge in [0.25, 0.3) is 0 Å². The van der Waals surface area contributed by atoms with Crippen molar-refractivity contribution in [3.63, 3.8) is 0 Å². The average Bonchev–Trinajstić information content (AvgIpc) is 0.769. The Morgan fingerprint density at radius 1 is 0.233 bits per heavy atom. The third-order valence-corrected chi connectivity index (χ3v) is 18.8. The fraction of sp³-hybridized carbons (Fsp3) is 0.0323. The predicted octanol–water partition coefficient (Wildman–Crippen LogP) is 22.8. The van der Waals surface area contributed by atoms with E-state index in [4.69, 9.17) is 39.9 Å². The van der Waals surface area contributed by atoms with Gasteiger partial charge in [-0.2, -0.15) is 0 Å². The van der Waals surface area contributed by atoms with Crippen molar-refractivity contribution in [2.24, 2.45) is 0 Å². The molecule has 0 radical (unpaired) electrons. The maximum absolute atomic E-state index is 5.15. The molecule has 0 aliphatic heterocycles. The molecule has 0 spiro atoms. The minimum atomic E-state index is 0.648. The Bertz CT molecular complexity index is 6010. The van der Waals surface area contributed by atoms with E-state index in [2.05, 4.69) is 236 Å². The Morgan fingerprint density at radius 3 is 1.07 bits per heavy atom. The van der Waals surface area contributed by atoms with Gasteiger partial charge in [-0.05, 0) is 131 Å². The third kappa shape index (κ3) is 13.1. The van der Waals surface area contributed by atoms with Crippen LogP contribution in [0.3, 0.4) is 0 Å². The van der Waals surface area contributed by atoms with Crippen LogP contribution in [-0.2, 0) is 6.42 Å². The van der Waals surface area contributed by atoms with Crippen LogP contribution in [0.25, 0.3) is 178 Å². The Morgan fingerprint density at radius 2 is 0.602 bits per heavy atom. The number of hydrogen-bond acceptors (Lipinski definition) is 10. The molecule has 0 unspecified atom stereocenters. The lowest BCUT2D eigenvalue weighted by molar-refractivity contribution is 1.06. The number of hydrogen-bond donors (Lipinski definition) is 0. The summed E-state index contributed by atoms with van der Waals surface area (Å²) in [4.78, 5) is 48.9. The SMILES string of the molecule is CCc1cc(-c2cccc(-c3ccc(-c4nc(-c5ccccc5)cc(-c5cccnc5)n4)cc3)c2)c2ccc3ccc(-c4ccccc4)nc3c2n1.Cc1cc(-c2cccc(-c3ccc(-c4cc(-c5ccccc5)nc(-c5cccnc5)n4)cc3)c2)c2ccc3ccc(-c4ccccc4)nc3c2n1. The predicted molar refractivity (Wildman–Crippen MR) is 420 cm³/mol. The van der Waals surface area contributed by atoms with Gasteiger partial charge in [-0.3, -0.25) is 19.9 Å². The Kier molecular flexibility index (Phi) is 17.0. The molecule has 103 heavy (non-hydrogen) atoms. The first kappa shape index (κ1) is 62.8. The number of aryl methyl sites for hydroxylation is 2. The van der Waals surface area contributed by atoms with Gasteiger partial charge in [0.05, 0.1) is 56.2 Å². The van der Waals surface area contributed by atoms with Crippen molar-refractivity contribution >= 4 is 43.6 Å². The molecule has 10 heteroatoms. The first-order valence-electron chi connectivity index (χ1n) is 34.5. The molecular formula is C93H64N10. The molecule has 0 amide bonds. The van der Waals surface area contributed by atoms with Gasteiger partial charge >= 0.3 is 0 Å². The second-order valence-electron chi connectivity index (χ2n) is 25.5. The topological polar surface area (TPSA) is 129 Å². The van der Waals surface area contributed by atoms with Crippen LogP contribution in [0.5, 0.6) is 0 Å². The van der Waals surface area contributed by atoms with Crippen LogP contribution in [0, 0.1) is 6.92 Å². The highest BCUT2D eigenvalue weighted by Gasteiger charge is 2.19. The second-order valence-corrected chi connectivity index (χ2v) is 25.5. The molecular weight excluding hydrogens is 1260 g/mol. The molecule has 8 heterocycles. The van der Waals surface area contributed by atoms with Crippen molar-refractivity contribution in [1.82, 2.24) is 49.8 Å². The van der Waals surface area contributed by atoms with Crippen LogP contribution < -0.4 is 0 Å². The second kappa shape index (κ2) is 27.9. The minimum absolute atomic E-state index is 0.648. The molecule has 0 aliphatic carbocycles. The highest BCUT2D eigenvalue weighted by molar-refractivity contribution is 6.10. The molecule has 10 aromatic carbocycles. The lowest BCUT2D eigenvalue weighted by atomic mass is 9.94. The van der Waals surface area contributed by atoms with E-state index >= 15 is 0 Å². The summed E-state index contributed by atoms with van der Waals surface area (Å²) in [7, 11) is 0. The average molecular weight is 1320 g/mol. The van der Waals surface area contributed by atoms with Gasteiger partial charge in [-0.25, -0.2) is 29.9 Å². The minimum Gasteiger partial charge on any atom is -0.264 e. The Hall–Kier alpha value is -13.7. The lowest BCUT2D eigenvalue weighted by Crippen LogP contribution is -1.96. The van der Waals surface area contributed by atoms with Crippen molar-refractivity contribution in [2.75, 3.05) is 0 Å². The molecule has 0 saturated carbocycles. The first-order chi connectivity index (χ1) is 50.9. The summed E-state index contributed by atoms with van der Waals surface area (Å²) < 4.78 is 0. The fourth-order valence-corrected chi connectivity index (χ4v) is 13.5. The normalized spacial score (nSPS) is 11.2. The summed E-state index contributed by atoms with van der Waals surface area (Å²) in [5, 5.41) is 4.33. The number of rotatable bonds is 13. The Labute approximate surface area is 596 Å². The number of nitrogens with zero attached hydrogens (tertiary/aromatic N) is 10. The molecule has 0 bridgehead atoms. The van der Waals surface area contributed by atoms with Crippen LogP contribution in [0.2, 0.25) is 0 Å². The maximum Gasteiger partial charge on any atom is 0.161 e. The van der Waals surface area contributed by atoms with Gasteiger partial charge < -0.3 is 0 Å². The molecule has 18 rings (SSSR count). The van der Waals surface area contributed by atoms with E-state index in [9.17, 15) is 0 Å². The van der Waals surface area contributed by atoms with Crippen molar-refractivity contribution in [2.45, 2.75) is 20.3 Å². The number of pyridine rings is 6. The highest BCUT2D eigenvalue weighted by Crippen LogP contribution is 2.39. The van der Waals surface area contributed by atoms with E-state index in [1.165, 1.54) is 0 Å². The molecule has 0 aliphatic rings. The molecule has 8 aromatic heterocycles. The summed E-state index contributed by atoms with van der Waals surface area (Å²) >= 11 is 0. The van der Waals surface area contributed by atoms with E-state index in [0.717, 1.165) is 185 Å². The van der Waals surface area contributed by atoms with Gasteiger partial charge in [-0.15, -0.1) is 0 Å². The zero-order chi connectivity index (χ0) is 69.0. The van der Waals surface area contributed by atoms with Crippen LogP contribution in [0.1, 0.15) is 18.3 Å². The number of benzene rings is 10. The van der Waals surface area contributed by atoms with Gasteiger partial charge in [0, 0.05) is 102 Å². The fourth-order valence-electron chi connectivity index (χ4n) is 13.5. The quantitative estimate of drug-likeness (QED) is 0.103. The first-order valence-corrected chi connectivity index (χ1v) is 34.5. The van der Waals surface area contributed by atoms with Crippen LogP contribution >= 0.6 is 0 Å².